The van der Waals surface area contributed by atoms with Crippen LogP contribution in [0, 0.1) is 0 Å². The van der Waals surface area contributed by atoms with Crippen molar-refractivity contribution in [1.29, 1.82) is 0 Å². The van der Waals surface area contributed by atoms with Gasteiger partial charge in [0.15, 0.2) is 0 Å². The summed E-state index contributed by atoms with van der Waals surface area (Å²) < 4.78 is 0. The van der Waals surface area contributed by atoms with E-state index in [1.807, 2.05) is 0 Å². The number of nitrogens with two attached hydrogens (primary N) is 1. The van der Waals surface area contributed by atoms with E-state index in [2.05, 4.69) is 16.9 Å². The molecule has 0 saturated heterocycles. The molecule has 0 aromatic carbocycles. The maximum atomic E-state index is 5.58. The molecule has 1 aromatic heterocycles. The van der Waals surface area contributed by atoms with E-state index in [1.165, 1.54) is 0 Å². The maximum Gasteiger partial charge on any atom is 0.224 e. The zero-order valence-corrected chi connectivity index (χ0v) is 7.10. The van der Waals surface area contributed by atoms with E-state index in [0.717, 1.165) is 18.5 Å². The van der Waals surface area contributed by atoms with Crippen molar-refractivity contribution in [2.45, 2.75) is 19.8 Å². The van der Waals surface area contributed by atoms with Gasteiger partial charge in [0.1, 0.15) is 5.82 Å². The van der Waals surface area contributed by atoms with Crippen molar-refractivity contribution in [2.24, 2.45) is 0 Å². The predicted octanol–water partition coefficient (Wildman–Crippen LogP) is 1.66. The molecule has 0 saturated carbocycles. The molecule has 0 atom stereocenters. The van der Waals surface area contributed by atoms with E-state index in [4.69, 9.17) is 17.3 Å². The lowest BCUT2D eigenvalue weighted by Gasteiger charge is -1.98. The van der Waals surface area contributed by atoms with Crippen molar-refractivity contribution >= 4 is 17.4 Å². The van der Waals surface area contributed by atoms with E-state index < -0.39 is 0 Å². The molecule has 11 heavy (non-hydrogen) atoms. The third-order valence-corrected chi connectivity index (χ3v) is 1.45. The fourth-order valence-electron chi connectivity index (χ4n) is 0.869. The summed E-state index contributed by atoms with van der Waals surface area (Å²) in [6.45, 7) is 2.08. The molecule has 0 amide bonds. The van der Waals surface area contributed by atoms with Crippen LogP contribution in [0.5, 0.6) is 0 Å². The van der Waals surface area contributed by atoms with Gasteiger partial charge in [0.05, 0.1) is 0 Å². The average molecular weight is 172 g/mol. The van der Waals surface area contributed by atoms with Crippen LogP contribution in [0.25, 0.3) is 0 Å². The van der Waals surface area contributed by atoms with Gasteiger partial charge in [-0.1, -0.05) is 13.3 Å². The lowest BCUT2D eigenvalue weighted by molar-refractivity contribution is 0.874. The Balaban J connectivity index is 2.89. The van der Waals surface area contributed by atoms with Gasteiger partial charge >= 0.3 is 0 Å². The number of nitrogens with zero attached hydrogens (tertiary/aromatic N) is 2. The molecule has 0 aliphatic heterocycles. The van der Waals surface area contributed by atoms with Crippen LogP contribution in [0.2, 0.25) is 5.28 Å². The number of aromatic nitrogens is 2. The van der Waals surface area contributed by atoms with Crippen LogP contribution in [0.15, 0.2) is 6.07 Å². The van der Waals surface area contributed by atoms with Crippen molar-refractivity contribution in [1.82, 2.24) is 9.97 Å². The van der Waals surface area contributed by atoms with E-state index >= 15 is 0 Å². The van der Waals surface area contributed by atoms with E-state index in [-0.39, 0.29) is 5.28 Å². The van der Waals surface area contributed by atoms with Gasteiger partial charge in [-0.15, -0.1) is 0 Å². The molecular weight excluding hydrogens is 162 g/mol. The predicted molar refractivity (Wildman–Crippen MR) is 45.4 cm³/mol. The van der Waals surface area contributed by atoms with Gasteiger partial charge in [0.2, 0.25) is 5.28 Å². The van der Waals surface area contributed by atoms with Gasteiger partial charge in [-0.3, -0.25) is 0 Å². The molecule has 0 aliphatic rings. The molecule has 0 bridgehead atoms. The average Bonchev–Trinajstić information content (AvgIpc) is 1.85. The zero-order valence-electron chi connectivity index (χ0n) is 6.34. The molecule has 3 nitrogen and oxygen atoms in total. The molecular formula is C7H10ClN3. The number of rotatable bonds is 2. The maximum absolute atomic E-state index is 5.58. The van der Waals surface area contributed by atoms with Crippen LogP contribution in [0.3, 0.4) is 0 Å². The Labute approximate surface area is 70.6 Å². The highest BCUT2D eigenvalue weighted by molar-refractivity contribution is 6.28. The Morgan fingerprint density at radius 3 is 2.82 bits per heavy atom. The molecule has 4 heteroatoms. The molecule has 60 valence electrons. The summed E-state index contributed by atoms with van der Waals surface area (Å²) in [5.74, 6) is 0.438. The SMILES string of the molecule is CCCc1cc(N)nc(Cl)n1. The molecule has 0 radical (unpaired) electrons. The Bertz CT molecular complexity index is 229. The van der Waals surface area contributed by atoms with Gasteiger partial charge in [-0.25, -0.2) is 9.97 Å². The van der Waals surface area contributed by atoms with Crippen LogP contribution in [-0.2, 0) is 6.42 Å². The van der Waals surface area contributed by atoms with E-state index in [1.54, 1.807) is 6.07 Å². The highest BCUT2D eigenvalue weighted by Gasteiger charge is 1.98. The lowest BCUT2D eigenvalue weighted by Crippen LogP contribution is -1.97. The quantitative estimate of drug-likeness (QED) is 0.689. The summed E-state index contributed by atoms with van der Waals surface area (Å²) in [7, 11) is 0. The van der Waals surface area contributed by atoms with Crippen LogP contribution < -0.4 is 5.73 Å². The van der Waals surface area contributed by atoms with E-state index in [0.29, 0.717) is 5.82 Å². The topological polar surface area (TPSA) is 51.8 Å². The minimum Gasteiger partial charge on any atom is -0.384 e. The summed E-state index contributed by atoms with van der Waals surface area (Å²) in [4.78, 5) is 7.75. The number of halogens is 1. The fourth-order valence-corrected chi connectivity index (χ4v) is 1.08. The van der Waals surface area contributed by atoms with Crippen molar-refractivity contribution in [3.8, 4) is 0 Å². The number of nitrogen functional groups attached to an aromatic ring is 1. The second kappa shape index (κ2) is 3.53. The second-order valence-corrected chi connectivity index (χ2v) is 2.64. The molecule has 2 N–H and O–H groups in total. The number of hydrogen-bond acceptors (Lipinski definition) is 3. The van der Waals surface area contributed by atoms with Crippen molar-refractivity contribution in [3.05, 3.63) is 17.0 Å². The Hall–Kier alpha value is -0.830. The summed E-state index contributed by atoms with van der Waals surface area (Å²) in [6.07, 6.45) is 1.93. The van der Waals surface area contributed by atoms with Gasteiger partial charge < -0.3 is 5.73 Å². The smallest absolute Gasteiger partial charge is 0.224 e. The Morgan fingerprint density at radius 2 is 2.27 bits per heavy atom. The first-order chi connectivity index (χ1) is 5.22. The normalized spacial score (nSPS) is 10.0. The molecule has 1 rings (SSSR count). The molecule has 0 unspecified atom stereocenters. The first kappa shape index (κ1) is 8.27. The lowest BCUT2D eigenvalue weighted by atomic mass is 10.2. The fraction of sp³-hybridized carbons (Fsp3) is 0.429. The van der Waals surface area contributed by atoms with Crippen LogP contribution in [0.4, 0.5) is 5.82 Å². The van der Waals surface area contributed by atoms with Gasteiger partial charge in [0.25, 0.3) is 0 Å². The first-order valence-electron chi connectivity index (χ1n) is 3.51. The first-order valence-corrected chi connectivity index (χ1v) is 3.89. The van der Waals surface area contributed by atoms with E-state index in [9.17, 15) is 0 Å². The molecule has 0 spiro atoms. The Kier molecular flexibility index (Phi) is 2.65. The van der Waals surface area contributed by atoms with Crippen molar-refractivity contribution in [2.75, 3.05) is 5.73 Å². The monoisotopic (exact) mass is 171 g/mol. The largest absolute Gasteiger partial charge is 0.384 e. The van der Waals surface area contributed by atoms with Crippen LogP contribution >= 0.6 is 11.6 Å². The number of hydrogen-bond donors (Lipinski definition) is 1. The highest BCUT2D eigenvalue weighted by atomic mass is 35.5. The highest BCUT2D eigenvalue weighted by Crippen LogP contribution is 2.08. The third-order valence-electron chi connectivity index (χ3n) is 1.28. The standard InChI is InChI=1S/C7H10ClN3/c1-2-3-5-4-6(9)11-7(8)10-5/h4H,2-3H2,1H3,(H2,9,10,11). The number of anilines is 1. The van der Waals surface area contributed by atoms with Gasteiger partial charge in [-0.05, 0) is 18.0 Å². The van der Waals surface area contributed by atoms with Crippen molar-refractivity contribution in [3.63, 3.8) is 0 Å². The van der Waals surface area contributed by atoms with Crippen molar-refractivity contribution < 1.29 is 0 Å². The minimum atomic E-state index is 0.230. The number of aryl methyl sites for hydroxylation is 1. The van der Waals surface area contributed by atoms with Gasteiger partial charge in [0, 0.05) is 11.8 Å². The molecule has 0 aliphatic carbocycles. The molecule has 0 fully saturated rings. The van der Waals surface area contributed by atoms with Gasteiger partial charge in [-0.2, -0.15) is 0 Å². The third kappa shape index (κ3) is 2.35. The summed E-state index contributed by atoms with van der Waals surface area (Å²) in [5.41, 5.74) is 6.36. The summed E-state index contributed by atoms with van der Waals surface area (Å²) in [5, 5.41) is 0.230. The molecule has 1 aromatic rings. The van der Waals surface area contributed by atoms with Crippen LogP contribution in [0.1, 0.15) is 19.0 Å². The zero-order chi connectivity index (χ0) is 8.27. The van der Waals surface area contributed by atoms with Crippen LogP contribution in [-0.4, -0.2) is 9.97 Å². The minimum absolute atomic E-state index is 0.230. The second-order valence-electron chi connectivity index (χ2n) is 2.30. The summed E-state index contributed by atoms with van der Waals surface area (Å²) in [6, 6.07) is 1.75. The Morgan fingerprint density at radius 1 is 1.55 bits per heavy atom. The summed E-state index contributed by atoms with van der Waals surface area (Å²) >= 11 is 5.58. The molecule has 1 heterocycles.